The van der Waals surface area contributed by atoms with Gasteiger partial charge in [-0.05, 0) is 18.6 Å². The first kappa shape index (κ1) is 17.6. The summed E-state index contributed by atoms with van der Waals surface area (Å²) in [6, 6.07) is 3.38. The zero-order valence-corrected chi connectivity index (χ0v) is 14.8. The van der Waals surface area contributed by atoms with Gasteiger partial charge in [0, 0.05) is 38.7 Å². The third-order valence-electron chi connectivity index (χ3n) is 5.08. The molecule has 2 aliphatic heterocycles. The molecule has 0 N–H and O–H groups in total. The molecule has 0 atom stereocenters. The molecule has 2 aliphatic rings. The maximum absolute atomic E-state index is 12.4. The number of carbonyl (C=O) groups is 2. The van der Waals surface area contributed by atoms with Crippen LogP contribution in [0.4, 0.5) is 4.79 Å². The van der Waals surface area contributed by atoms with Gasteiger partial charge in [-0.15, -0.1) is 5.10 Å². The molecule has 0 aliphatic carbocycles. The van der Waals surface area contributed by atoms with Gasteiger partial charge in [0.15, 0.2) is 5.69 Å². The van der Waals surface area contributed by atoms with Crippen LogP contribution in [0.3, 0.4) is 0 Å². The number of nitrogens with zero attached hydrogens (tertiary/aromatic N) is 4. The molecule has 0 unspecified atom stereocenters. The van der Waals surface area contributed by atoms with Crippen LogP contribution in [0, 0.1) is 0 Å². The van der Waals surface area contributed by atoms with Crippen LogP contribution in [-0.2, 0) is 4.74 Å². The number of likely N-dealkylation sites (tertiary alicyclic amines) is 1. The molecule has 25 heavy (non-hydrogen) atoms. The fourth-order valence-electron chi connectivity index (χ4n) is 3.55. The van der Waals surface area contributed by atoms with Gasteiger partial charge in [0.05, 0.1) is 6.54 Å². The molecule has 7 nitrogen and oxygen atoms in total. The van der Waals surface area contributed by atoms with Crippen molar-refractivity contribution in [1.29, 1.82) is 0 Å². The van der Waals surface area contributed by atoms with E-state index in [1.165, 1.54) is 12.8 Å². The molecule has 3 rings (SSSR count). The number of ether oxygens (including phenoxy) is 1. The third-order valence-corrected chi connectivity index (χ3v) is 5.08. The van der Waals surface area contributed by atoms with E-state index in [1.807, 2.05) is 4.90 Å². The largest absolute Gasteiger partial charge is 0.441 e. The number of unbranched alkanes of at least 4 members (excludes halogenated alkanes) is 3. The molecule has 0 bridgehead atoms. The Morgan fingerprint density at radius 1 is 1.28 bits per heavy atom. The van der Waals surface area contributed by atoms with Crippen LogP contribution in [-0.4, -0.2) is 63.8 Å². The van der Waals surface area contributed by atoms with Crippen LogP contribution in [0.25, 0.3) is 0 Å². The smallest absolute Gasteiger partial charge is 0.410 e. The second-order valence-corrected chi connectivity index (χ2v) is 6.93. The fourth-order valence-corrected chi connectivity index (χ4v) is 3.55. The summed E-state index contributed by atoms with van der Waals surface area (Å²) in [5.74, 6) is -0.108. The summed E-state index contributed by atoms with van der Waals surface area (Å²) in [6.07, 6.45) is 7.26. The molecular formula is C18H26N4O3. The SMILES string of the molecule is CCCCCCN1CC2(CCN(C(=O)c3cccnn3)CC2)OC1=O. The van der Waals surface area contributed by atoms with Crippen molar-refractivity contribution < 1.29 is 14.3 Å². The highest BCUT2D eigenvalue weighted by molar-refractivity contribution is 5.92. The van der Waals surface area contributed by atoms with Crippen molar-refractivity contribution >= 4 is 12.0 Å². The molecule has 1 spiro atoms. The molecule has 2 amide bonds. The summed E-state index contributed by atoms with van der Waals surface area (Å²) in [6.45, 7) is 4.74. The molecule has 0 radical (unpaired) electrons. The first-order valence-electron chi connectivity index (χ1n) is 9.18. The third kappa shape index (κ3) is 4.08. The van der Waals surface area contributed by atoms with E-state index in [4.69, 9.17) is 4.74 Å². The Bertz CT molecular complexity index is 600. The molecule has 7 heteroatoms. The highest BCUT2D eigenvalue weighted by Gasteiger charge is 2.47. The number of amides is 2. The molecule has 1 aromatic rings. The first-order valence-corrected chi connectivity index (χ1v) is 9.18. The van der Waals surface area contributed by atoms with E-state index in [1.54, 1.807) is 23.2 Å². The summed E-state index contributed by atoms with van der Waals surface area (Å²) >= 11 is 0. The normalized spacial score (nSPS) is 19.3. The number of hydrogen-bond acceptors (Lipinski definition) is 5. The summed E-state index contributed by atoms with van der Waals surface area (Å²) in [5, 5.41) is 7.64. The van der Waals surface area contributed by atoms with Crippen LogP contribution in [0.5, 0.6) is 0 Å². The van der Waals surface area contributed by atoms with E-state index in [2.05, 4.69) is 17.1 Å². The number of piperidine rings is 1. The van der Waals surface area contributed by atoms with E-state index in [-0.39, 0.29) is 12.0 Å². The van der Waals surface area contributed by atoms with Gasteiger partial charge in [-0.2, -0.15) is 5.10 Å². The lowest BCUT2D eigenvalue weighted by Crippen LogP contribution is -2.49. The molecule has 0 aromatic carbocycles. The zero-order chi connectivity index (χ0) is 17.7. The Kier molecular flexibility index (Phi) is 5.50. The van der Waals surface area contributed by atoms with Crippen molar-refractivity contribution in [2.75, 3.05) is 26.2 Å². The minimum atomic E-state index is -0.430. The summed E-state index contributed by atoms with van der Waals surface area (Å²) in [4.78, 5) is 28.2. The lowest BCUT2D eigenvalue weighted by Gasteiger charge is -2.37. The average molecular weight is 346 g/mol. The molecule has 2 saturated heterocycles. The van der Waals surface area contributed by atoms with Gasteiger partial charge in [-0.1, -0.05) is 26.2 Å². The number of hydrogen-bond donors (Lipinski definition) is 0. The fraction of sp³-hybridized carbons (Fsp3) is 0.667. The minimum absolute atomic E-state index is 0.108. The summed E-state index contributed by atoms with van der Waals surface area (Å²) < 4.78 is 5.71. The second-order valence-electron chi connectivity index (χ2n) is 6.93. The van der Waals surface area contributed by atoms with Crippen molar-refractivity contribution in [2.24, 2.45) is 0 Å². The predicted molar refractivity (Wildman–Crippen MR) is 92.1 cm³/mol. The van der Waals surface area contributed by atoms with Crippen molar-refractivity contribution in [2.45, 2.75) is 51.0 Å². The molecule has 136 valence electrons. The van der Waals surface area contributed by atoms with Crippen LogP contribution in [0.15, 0.2) is 18.3 Å². The van der Waals surface area contributed by atoms with Crippen LogP contribution < -0.4 is 0 Å². The van der Waals surface area contributed by atoms with Crippen molar-refractivity contribution in [1.82, 2.24) is 20.0 Å². The molecule has 1 aromatic heterocycles. The van der Waals surface area contributed by atoms with E-state index in [0.29, 0.717) is 38.2 Å². The Balaban J connectivity index is 1.51. The van der Waals surface area contributed by atoms with Crippen molar-refractivity contribution in [3.8, 4) is 0 Å². The van der Waals surface area contributed by atoms with Gasteiger partial charge in [0.25, 0.3) is 5.91 Å². The summed E-state index contributed by atoms with van der Waals surface area (Å²) in [7, 11) is 0. The van der Waals surface area contributed by atoms with Crippen molar-refractivity contribution in [3.63, 3.8) is 0 Å². The average Bonchev–Trinajstić information content (AvgIpc) is 2.95. The second kappa shape index (κ2) is 7.80. The molecular weight excluding hydrogens is 320 g/mol. The Labute approximate surface area is 148 Å². The molecule has 0 saturated carbocycles. The molecule has 2 fully saturated rings. The monoisotopic (exact) mass is 346 g/mol. The van der Waals surface area contributed by atoms with E-state index in [9.17, 15) is 9.59 Å². The predicted octanol–water partition coefficient (Wildman–Crippen LogP) is 2.48. The van der Waals surface area contributed by atoms with Gasteiger partial charge in [-0.25, -0.2) is 4.79 Å². The van der Waals surface area contributed by atoms with E-state index >= 15 is 0 Å². The van der Waals surface area contributed by atoms with Gasteiger partial charge < -0.3 is 14.5 Å². The minimum Gasteiger partial charge on any atom is -0.441 e. The first-order chi connectivity index (χ1) is 12.1. The standard InChI is InChI=1S/C18H26N4O3/c1-2-3-4-5-11-22-14-18(25-17(22)24)8-12-21(13-9-18)16(23)15-7-6-10-19-20-15/h6-7,10H,2-5,8-9,11-14H2,1H3. The quantitative estimate of drug-likeness (QED) is 0.740. The molecule has 3 heterocycles. The Morgan fingerprint density at radius 3 is 2.76 bits per heavy atom. The Morgan fingerprint density at radius 2 is 2.08 bits per heavy atom. The summed E-state index contributed by atoms with van der Waals surface area (Å²) in [5.41, 5.74) is -0.0690. The van der Waals surface area contributed by atoms with Gasteiger partial charge in [-0.3, -0.25) is 4.79 Å². The van der Waals surface area contributed by atoms with E-state index < -0.39 is 5.60 Å². The zero-order valence-electron chi connectivity index (χ0n) is 14.8. The Hall–Kier alpha value is -2.18. The highest BCUT2D eigenvalue weighted by atomic mass is 16.6. The van der Waals surface area contributed by atoms with Crippen LogP contribution in [0.1, 0.15) is 55.9 Å². The van der Waals surface area contributed by atoms with E-state index in [0.717, 1.165) is 19.4 Å². The number of aromatic nitrogens is 2. The maximum Gasteiger partial charge on any atom is 0.410 e. The van der Waals surface area contributed by atoms with Gasteiger partial charge in [0.2, 0.25) is 0 Å². The number of rotatable bonds is 6. The number of carbonyl (C=O) groups excluding carboxylic acids is 2. The van der Waals surface area contributed by atoms with Crippen LogP contribution in [0.2, 0.25) is 0 Å². The van der Waals surface area contributed by atoms with Crippen molar-refractivity contribution in [3.05, 3.63) is 24.0 Å². The van der Waals surface area contributed by atoms with Gasteiger partial charge >= 0.3 is 6.09 Å². The van der Waals surface area contributed by atoms with Crippen LogP contribution >= 0.6 is 0 Å². The lowest BCUT2D eigenvalue weighted by molar-refractivity contribution is 0.00293. The maximum atomic E-state index is 12.4. The van der Waals surface area contributed by atoms with Gasteiger partial charge in [0.1, 0.15) is 5.60 Å². The topological polar surface area (TPSA) is 75.6 Å². The lowest BCUT2D eigenvalue weighted by atomic mass is 9.91. The highest BCUT2D eigenvalue weighted by Crippen LogP contribution is 2.33.